The number of nitrogens with one attached hydrogen (secondary N) is 2. The van der Waals surface area contributed by atoms with Gasteiger partial charge in [0.15, 0.2) is 11.6 Å². The predicted octanol–water partition coefficient (Wildman–Crippen LogP) is 2.74. The van der Waals surface area contributed by atoms with Crippen LogP contribution in [0, 0.1) is 0 Å². The Morgan fingerprint density at radius 2 is 1.79 bits per heavy atom. The van der Waals surface area contributed by atoms with Gasteiger partial charge >= 0.3 is 0 Å². The van der Waals surface area contributed by atoms with E-state index in [1.807, 2.05) is 18.2 Å². The molecule has 2 aromatic rings. The van der Waals surface area contributed by atoms with E-state index in [9.17, 15) is 4.79 Å². The van der Waals surface area contributed by atoms with Crippen LogP contribution in [0.2, 0.25) is 0 Å². The fourth-order valence-electron chi connectivity index (χ4n) is 1.73. The number of carbonyl (C=O) groups is 1. The normalized spacial score (nSPS) is 10.0. The molecule has 5 heteroatoms. The first-order valence-electron chi connectivity index (χ1n) is 6.15. The summed E-state index contributed by atoms with van der Waals surface area (Å²) in [6.45, 7) is 3.54. The second-order valence-corrected chi connectivity index (χ2v) is 4.12. The third-order valence-electron chi connectivity index (χ3n) is 2.63. The van der Waals surface area contributed by atoms with Crippen LogP contribution < -0.4 is 10.6 Å². The van der Waals surface area contributed by atoms with Gasteiger partial charge in [-0.1, -0.05) is 25.1 Å². The summed E-state index contributed by atoms with van der Waals surface area (Å²) in [5.74, 6) is 0.933. The third kappa shape index (κ3) is 3.51. The van der Waals surface area contributed by atoms with E-state index in [-0.39, 0.29) is 5.91 Å². The molecule has 2 rings (SSSR count). The van der Waals surface area contributed by atoms with Crippen molar-refractivity contribution in [2.24, 2.45) is 0 Å². The lowest BCUT2D eigenvalue weighted by Crippen LogP contribution is -2.08. The molecule has 0 aliphatic heterocycles. The van der Waals surface area contributed by atoms with Crippen molar-refractivity contribution in [2.75, 3.05) is 10.6 Å². The lowest BCUT2D eigenvalue weighted by atomic mass is 10.1. The van der Waals surface area contributed by atoms with Crippen LogP contribution in [0.4, 0.5) is 17.3 Å². The fraction of sp³-hybridized carbons (Fsp3) is 0.214. The van der Waals surface area contributed by atoms with Gasteiger partial charge in [0, 0.05) is 12.6 Å². The van der Waals surface area contributed by atoms with Crippen LogP contribution in [0.15, 0.2) is 36.4 Å². The SMILES string of the molecule is CCc1ccccc1Nc1ccc(NC(C)=O)nn1. The predicted molar refractivity (Wildman–Crippen MR) is 75.4 cm³/mol. The number of amides is 1. The fourth-order valence-corrected chi connectivity index (χ4v) is 1.73. The molecule has 0 spiro atoms. The second kappa shape index (κ2) is 5.95. The first-order chi connectivity index (χ1) is 9.19. The summed E-state index contributed by atoms with van der Waals surface area (Å²) in [5, 5.41) is 13.7. The topological polar surface area (TPSA) is 66.9 Å². The van der Waals surface area contributed by atoms with Crippen molar-refractivity contribution in [1.29, 1.82) is 0 Å². The minimum atomic E-state index is -0.161. The molecule has 0 bridgehead atoms. The molecule has 0 fully saturated rings. The standard InChI is InChI=1S/C14H16N4O/c1-3-11-6-4-5-7-12(11)16-14-9-8-13(17-18-14)15-10(2)19/h4-9H,3H2,1-2H3,(H,16,18)(H,15,17,19). The number of anilines is 3. The molecule has 0 aliphatic rings. The van der Waals surface area contributed by atoms with E-state index in [1.165, 1.54) is 12.5 Å². The Kier molecular flexibility index (Phi) is 4.07. The van der Waals surface area contributed by atoms with Crippen molar-refractivity contribution in [3.63, 3.8) is 0 Å². The van der Waals surface area contributed by atoms with E-state index in [0.29, 0.717) is 11.6 Å². The lowest BCUT2D eigenvalue weighted by Gasteiger charge is -2.09. The molecule has 2 N–H and O–H groups in total. The largest absolute Gasteiger partial charge is 0.339 e. The van der Waals surface area contributed by atoms with Crippen molar-refractivity contribution in [1.82, 2.24) is 10.2 Å². The number of aromatic nitrogens is 2. The molecule has 0 saturated heterocycles. The molecule has 0 saturated carbocycles. The number of carbonyl (C=O) groups excluding carboxylic acids is 1. The van der Waals surface area contributed by atoms with Gasteiger partial charge in [-0.15, -0.1) is 10.2 Å². The minimum Gasteiger partial charge on any atom is -0.339 e. The van der Waals surface area contributed by atoms with Gasteiger partial charge in [0.1, 0.15) is 0 Å². The Bertz CT molecular complexity index is 566. The van der Waals surface area contributed by atoms with Crippen molar-refractivity contribution >= 4 is 23.2 Å². The number of benzene rings is 1. The van der Waals surface area contributed by atoms with Gasteiger partial charge in [0.05, 0.1) is 0 Å². The number of nitrogens with zero attached hydrogens (tertiary/aromatic N) is 2. The number of para-hydroxylation sites is 1. The molecule has 19 heavy (non-hydrogen) atoms. The first kappa shape index (κ1) is 13.0. The summed E-state index contributed by atoms with van der Waals surface area (Å²) < 4.78 is 0. The van der Waals surface area contributed by atoms with Crippen LogP contribution in [-0.4, -0.2) is 16.1 Å². The van der Waals surface area contributed by atoms with Crippen LogP contribution in [0.5, 0.6) is 0 Å². The highest BCUT2D eigenvalue weighted by molar-refractivity contribution is 5.87. The van der Waals surface area contributed by atoms with Gasteiger partial charge < -0.3 is 10.6 Å². The van der Waals surface area contributed by atoms with Gasteiger partial charge in [0.25, 0.3) is 0 Å². The maximum Gasteiger partial charge on any atom is 0.222 e. The van der Waals surface area contributed by atoms with E-state index < -0.39 is 0 Å². The summed E-state index contributed by atoms with van der Waals surface area (Å²) in [7, 11) is 0. The molecule has 0 radical (unpaired) electrons. The highest BCUT2D eigenvalue weighted by Crippen LogP contribution is 2.19. The maximum absolute atomic E-state index is 10.9. The molecule has 1 heterocycles. The number of hydrogen-bond donors (Lipinski definition) is 2. The van der Waals surface area contributed by atoms with Gasteiger partial charge in [-0.2, -0.15) is 0 Å². The smallest absolute Gasteiger partial charge is 0.222 e. The number of rotatable bonds is 4. The van der Waals surface area contributed by atoms with Crippen LogP contribution in [0.25, 0.3) is 0 Å². The van der Waals surface area contributed by atoms with Crippen molar-refractivity contribution < 1.29 is 4.79 Å². The average molecular weight is 256 g/mol. The first-order valence-corrected chi connectivity index (χ1v) is 6.15. The summed E-state index contributed by atoms with van der Waals surface area (Å²) in [4.78, 5) is 10.9. The second-order valence-electron chi connectivity index (χ2n) is 4.12. The maximum atomic E-state index is 10.9. The van der Waals surface area contributed by atoms with E-state index in [1.54, 1.807) is 12.1 Å². The van der Waals surface area contributed by atoms with Crippen LogP contribution in [-0.2, 0) is 11.2 Å². The summed E-state index contributed by atoms with van der Waals surface area (Å²) in [6, 6.07) is 11.6. The van der Waals surface area contributed by atoms with Crippen LogP contribution in [0.3, 0.4) is 0 Å². The van der Waals surface area contributed by atoms with Crippen molar-refractivity contribution in [3.8, 4) is 0 Å². The van der Waals surface area contributed by atoms with Crippen molar-refractivity contribution in [3.05, 3.63) is 42.0 Å². The molecule has 1 aromatic heterocycles. The molecule has 98 valence electrons. The highest BCUT2D eigenvalue weighted by Gasteiger charge is 2.02. The molecule has 5 nitrogen and oxygen atoms in total. The molecular weight excluding hydrogens is 240 g/mol. The molecule has 0 aliphatic carbocycles. The van der Waals surface area contributed by atoms with Gasteiger partial charge in [0.2, 0.25) is 5.91 Å². The zero-order chi connectivity index (χ0) is 13.7. The Balaban J connectivity index is 2.13. The monoisotopic (exact) mass is 256 g/mol. The number of hydrogen-bond acceptors (Lipinski definition) is 4. The Labute approximate surface area is 112 Å². The lowest BCUT2D eigenvalue weighted by molar-refractivity contribution is -0.114. The molecule has 1 amide bonds. The highest BCUT2D eigenvalue weighted by atomic mass is 16.1. The Morgan fingerprint density at radius 3 is 2.42 bits per heavy atom. The summed E-state index contributed by atoms with van der Waals surface area (Å²) in [6.07, 6.45) is 0.945. The van der Waals surface area contributed by atoms with Gasteiger partial charge in [-0.25, -0.2) is 0 Å². The summed E-state index contributed by atoms with van der Waals surface area (Å²) in [5.41, 5.74) is 2.24. The molecular formula is C14H16N4O. The number of aryl methyl sites for hydroxylation is 1. The summed E-state index contributed by atoms with van der Waals surface area (Å²) >= 11 is 0. The zero-order valence-corrected chi connectivity index (χ0v) is 11.0. The van der Waals surface area contributed by atoms with Gasteiger partial charge in [-0.3, -0.25) is 4.79 Å². The Morgan fingerprint density at radius 1 is 1.11 bits per heavy atom. The van der Waals surface area contributed by atoms with E-state index >= 15 is 0 Å². The molecule has 0 unspecified atom stereocenters. The molecule has 0 atom stereocenters. The quantitative estimate of drug-likeness (QED) is 0.882. The van der Waals surface area contributed by atoms with E-state index in [2.05, 4.69) is 33.8 Å². The Hall–Kier alpha value is -2.43. The average Bonchev–Trinajstić information content (AvgIpc) is 2.41. The van der Waals surface area contributed by atoms with Crippen LogP contribution in [0.1, 0.15) is 19.4 Å². The minimum absolute atomic E-state index is 0.161. The zero-order valence-electron chi connectivity index (χ0n) is 11.0. The van der Waals surface area contributed by atoms with E-state index in [4.69, 9.17) is 0 Å². The third-order valence-corrected chi connectivity index (χ3v) is 2.63. The van der Waals surface area contributed by atoms with E-state index in [0.717, 1.165) is 12.1 Å². The molecule has 1 aromatic carbocycles. The van der Waals surface area contributed by atoms with Crippen LogP contribution >= 0.6 is 0 Å². The van der Waals surface area contributed by atoms with Gasteiger partial charge in [-0.05, 0) is 30.2 Å². The van der Waals surface area contributed by atoms with Crippen molar-refractivity contribution in [2.45, 2.75) is 20.3 Å².